The van der Waals surface area contributed by atoms with Gasteiger partial charge in [-0.3, -0.25) is 14.9 Å². The number of carbonyl (C=O) groups excluding carboxylic acids is 3. The van der Waals surface area contributed by atoms with Crippen LogP contribution in [0, 0.1) is 13.8 Å². The third-order valence-electron chi connectivity index (χ3n) is 5.12. The van der Waals surface area contributed by atoms with Crippen LogP contribution in [0.5, 0.6) is 5.75 Å². The van der Waals surface area contributed by atoms with Gasteiger partial charge in [0.2, 0.25) is 0 Å². The molecular formula is C23H19N3O4. The van der Waals surface area contributed by atoms with Gasteiger partial charge in [0.05, 0.1) is 5.69 Å². The predicted octanol–water partition coefficient (Wildman–Crippen LogP) is 3.47. The van der Waals surface area contributed by atoms with Crippen LogP contribution in [-0.2, 0) is 9.59 Å². The molecule has 1 aliphatic heterocycles. The molecule has 0 aliphatic carbocycles. The highest BCUT2D eigenvalue weighted by molar-refractivity contribution is 6.39. The van der Waals surface area contributed by atoms with E-state index in [4.69, 9.17) is 0 Å². The van der Waals surface area contributed by atoms with Gasteiger partial charge in [-0.2, -0.15) is 0 Å². The van der Waals surface area contributed by atoms with Gasteiger partial charge < -0.3 is 9.67 Å². The monoisotopic (exact) mass is 401 g/mol. The summed E-state index contributed by atoms with van der Waals surface area (Å²) in [5.74, 6) is -1.30. The average molecular weight is 401 g/mol. The van der Waals surface area contributed by atoms with E-state index in [-0.39, 0.29) is 11.3 Å². The smallest absolute Gasteiger partial charge is 0.335 e. The van der Waals surface area contributed by atoms with Gasteiger partial charge >= 0.3 is 6.03 Å². The van der Waals surface area contributed by atoms with Crippen molar-refractivity contribution in [3.8, 4) is 11.4 Å². The molecule has 150 valence electrons. The van der Waals surface area contributed by atoms with Crippen LogP contribution < -0.4 is 10.2 Å². The van der Waals surface area contributed by atoms with Crippen LogP contribution in [-0.4, -0.2) is 27.5 Å². The van der Waals surface area contributed by atoms with E-state index in [0.29, 0.717) is 11.4 Å². The first-order valence-electron chi connectivity index (χ1n) is 9.31. The van der Waals surface area contributed by atoms with Crippen molar-refractivity contribution in [2.75, 3.05) is 4.90 Å². The Bertz CT molecular complexity index is 1210. The molecule has 7 heteroatoms. The molecule has 2 N–H and O–H groups in total. The topological polar surface area (TPSA) is 91.6 Å². The predicted molar refractivity (Wildman–Crippen MR) is 112 cm³/mol. The molecule has 3 aromatic rings. The highest BCUT2D eigenvalue weighted by Crippen LogP contribution is 2.27. The summed E-state index contributed by atoms with van der Waals surface area (Å²) >= 11 is 0. The molecule has 0 bridgehead atoms. The number of phenolic OH excluding ortho intramolecular Hbond substituents is 1. The number of anilines is 1. The molecule has 1 aromatic heterocycles. The lowest BCUT2D eigenvalue weighted by molar-refractivity contribution is -0.122. The molecule has 2 aromatic carbocycles. The number of urea groups is 1. The third kappa shape index (κ3) is 3.26. The molecule has 2 heterocycles. The number of barbiturate groups is 1. The highest BCUT2D eigenvalue weighted by atomic mass is 16.3. The molecule has 0 spiro atoms. The van der Waals surface area contributed by atoms with Crippen molar-refractivity contribution in [1.29, 1.82) is 0 Å². The van der Waals surface area contributed by atoms with Crippen LogP contribution in [0.4, 0.5) is 10.5 Å². The van der Waals surface area contributed by atoms with E-state index in [9.17, 15) is 19.5 Å². The number of hydrogen-bond acceptors (Lipinski definition) is 4. The number of carbonyl (C=O) groups is 3. The Morgan fingerprint density at radius 3 is 2.40 bits per heavy atom. The van der Waals surface area contributed by atoms with Crippen molar-refractivity contribution in [3.05, 3.63) is 83.2 Å². The number of phenols is 1. The lowest BCUT2D eigenvalue weighted by atomic mass is 10.0. The average Bonchev–Trinajstić information content (AvgIpc) is 3.17. The van der Waals surface area contributed by atoms with Gasteiger partial charge in [0, 0.05) is 17.6 Å². The minimum atomic E-state index is -0.773. The number of aromatic nitrogens is 1. The van der Waals surface area contributed by atoms with E-state index < -0.39 is 17.8 Å². The maximum Gasteiger partial charge on any atom is 0.335 e. The molecule has 0 radical (unpaired) electrons. The van der Waals surface area contributed by atoms with E-state index in [1.54, 1.807) is 59.3 Å². The fourth-order valence-electron chi connectivity index (χ4n) is 3.36. The van der Waals surface area contributed by atoms with Crippen molar-refractivity contribution in [2.24, 2.45) is 0 Å². The summed E-state index contributed by atoms with van der Waals surface area (Å²) in [7, 11) is 0. The zero-order valence-corrected chi connectivity index (χ0v) is 16.4. The lowest BCUT2D eigenvalue weighted by Crippen LogP contribution is -2.54. The fraction of sp³-hybridized carbons (Fsp3) is 0.0870. The molecular weight excluding hydrogens is 382 g/mol. The summed E-state index contributed by atoms with van der Waals surface area (Å²) in [6.45, 7) is 3.71. The first-order chi connectivity index (χ1) is 14.4. The van der Waals surface area contributed by atoms with Crippen LogP contribution >= 0.6 is 0 Å². The molecule has 1 aliphatic rings. The Labute approximate surface area is 172 Å². The van der Waals surface area contributed by atoms with Crippen LogP contribution in [0.1, 0.15) is 16.8 Å². The van der Waals surface area contributed by atoms with E-state index in [1.165, 1.54) is 6.08 Å². The number of benzene rings is 2. The normalized spacial score (nSPS) is 15.6. The zero-order chi connectivity index (χ0) is 21.4. The number of nitrogens with one attached hydrogen (secondary N) is 1. The first kappa shape index (κ1) is 19.2. The van der Waals surface area contributed by atoms with Crippen molar-refractivity contribution < 1.29 is 19.5 Å². The highest BCUT2D eigenvalue weighted by Gasteiger charge is 2.37. The van der Waals surface area contributed by atoms with Gasteiger partial charge in [0.1, 0.15) is 11.3 Å². The molecule has 1 fully saturated rings. The zero-order valence-electron chi connectivity index (χ0n) is 16.4. The summed E-state index contributed by atoms with van der Waals surface area (Å²) in [6, 6.07) is 14.6. The van der Waals surface area contributed by atoms with E-state index in [0.717, 1.165) is 21.7 Å². The van der Waals surface area contributed by atoms with Crippen LogP contribution in [0.15, 0.2) is 66.4 Å². The summed E-state index contributed by atoms with van der Waals surface area (Å²) in [4.78, 5) is 39.1. The number of aryl methyl sites for hydroxylation is 1. The van der Waals surface area contributed by atoms with E-state index >= 15 is 0 Å². The number of amides is 4. The van der Waals surface area contributed by atoms with Gasteiger partial charge in [0.15, 0.2) is 0 Å². The Hall–Kier alpha value is -4.13. The van der Waals surface area contributed by atoms with Crippen LogP contribution in [0.3, 0.4) is 0 Å². The Morgan fingerprint density at radius 1 is 0.933 bits per heavy atom. The third-order valence-corrected chi connectivity index (χ3v) is 5.12. The van der Waals surface area contributed by atoms with Crippen molar-refractivity contribution in [1.82, 2.24) is 9.88 Å². The van der Waals surface area contributed by atoms with Crippen LogP contribution in [0.2, 0.25) is 0 Å². The second-order valence-electron chi connectivity index (χ2n) is 7.00. The van der Waals surface area contributed by atoms with Gasteiger partial charge in [-0.25, -0.2) is 9.69 Å². The maximum absolute atomic E-state index is 13.2. The second kappa shape index (κ2) is 7.36. The number of nitrogens with zero attached hydrogens (tertiary/aromatic N) is 2. The summed E-state index contributed by atoms with van der Waals surface area (Å²) < 4.78 is 1.77. The molecule has 4 rings (SSSR count). The van der Waals surface area contributed by atoms with Crippen molar-refractivity contribution >= 4 is 29.6 Å². The first-order valence-corrected chi connectivity index (χ1v) is 9.31. The lowest BCUT2D eigenvalue weighted by Gasteiger charge is -2.28. The number of imide groups is 2. The Balaban J connectivity index is 1.77. The maximum atomic E-state index is 13.2. The van der Waals surface area contributed by atoms with Gasteiger partial charge in [-0.1, -0.05) is 12.1 Å². The molecule has 4 amide bonds. The molecule has 30 heavy (non-hydrogen) atoms. The Kier molecular flexibility index (Phi) is 4.71. The number of aromatic hydroxyl groups is 1. The van der Waals surface area contributed by atoms with Gasteiger partial charge in [-0.05, 0) is 73.5 Å². The summed E-state index contributed by atoms with van der Waals surface area (Å²) in [5.41, 5.74) is 3.32. The minimum absolute atomic E-state index is 0.135. The summed E-state index contributed by atoms with van der Waals surface area (Å²) in [5, 5.41) is 11.8. The number of hydrogen-bond donors (Lipinski definition) is 2. The second-order valence-corrected chi connectivity index (χ2v) is 7.00. The molecule has 0 atom stereocenters. The van der Waals surface area contributed by atoms with Gasteiger partial charge in [0.25, 0.3) is 11.8 Å². The molecule has 0 saturated carbocycles. The van der Waals surface area contributed by atoms with E-state index in [2.05, 4.69) is 5.32 Å². The quantitative estimate of drug-likeness (QED) is 0.519. The van der Waals surface area contributed by atoms with Gasteiger partial charge in [-0.15, -0.1) is 0 Å². The molecule has 1 saturated heterocycles. The van der Waals surface area contributed by atoms with Crippen molar-refractivity contribution in [2.45, 2.75) is 13.8 Å². The molecule has 7 nitrogen and oxygen atoms in total. The SMILES string of the molecule is Cc1cccc(N2C(=O)NC(=O)/C(=C\c3cccn3-c3ccc(O)cc3)C2=O)c1C. The van der Waals surface area contributed by atoms with Crippen molar-refractivity contribution in [3.63, 3.8) is 0 Å². The Morgan fingerprint density at radius 2 is 1.67 bits per heavy atom. The van der Waals surface area contributed by atoms with Crippen LogP contribution in [0.25, 0.3) is 11.8 Å². The summed E-state index contributed by atoms with van der Waals surface area (Å²) in [6.07, 6.45) is 3.23. The van der Waals surface area contributed by atoms with E-state index in [1.807, 2.05) is 19.9 Å². The minimum Gasteiger partial charge on any atom is -0.508 e. The largest absolute Gasteiger partial charge is 0.508 e. The standard InChI is InChI=1S/C23H19N3O4/c1-14-5-3-7-20(15(14)2)26-22(29)19(21(28)24-23(26)30)13-17-6-4-12-25(17)16-8-10-18(27)11-9-16/h3-13,27H,1-2H3,(H,24,28,30)/b19-13+. The fourth-order valence-corrected chi connectivity index (χ4v) is 3.36. The number of rotatable bonds is 3. The molecule has 0 unspecified atom stereocenters.